The molecule has 3 nitrogen and oxygen atoms in total. The van der Waals surface area contributed by atoms with Crippen molar-refractivity contribution in [2.45, 2.75) is 19.8 Å². The van der Waals surface area contributed by atoms with Gasteiger partial charge in [0.2, 0.25) is 0 Å². The maximum Gasteiger partial charge on any atom is 0.259 e. The second-order valence-corrected chi connectivity index (χ2v) is 5.56. The quantitative estimate of drug-likeness (QED) is 0.714. The van der Waals surface area contributed by atoms with Gasteiger partial charge in [0, 0.05) is 0 Å². The number of benzene rings is 2. The Bertz CT molecular complexity index is 639. The summed E-state index contributed by atoms with van der Waals surface area (Å²) >= 11 is 12.1. The minimum atomic E-state index is -0.304. The summed E-state index contributed by atoms with van der Waals surface area (Å²) in [6.07, 6.45) is 1.97. The smallest absolute Gasteiger partial charge is 0.259 e. The highest BCUT2D eigenvalue weighted by atomic mass is 35.5. The van der Waals surface area contributed by atoms with Crippen molar-refractivity contribution in [3.05, 3.63) is 58.1 Å². The van der Waals surface area contributed by atoms with Crippen LogP contribution in [0.4, 0.5) is 5.69 Å². The molecule has 2 rings (SSSR count). The molecule has 0 aromatic heterocycles. The van der Waals surface area contributed by atoms with Crippen molar-refractivity contribution in [3.8, 4) is 5.75 Å². The minimum absolute atomic E-state index is 0.304. The molecule has 22 heavy (non-hydrogen) atoms. The summed E-state index contributed by atoms with van der Waals surface area (Å²) in [6.45, 7) is 2.66. The van der Waals surface area contributed by atoms with Gasteiger partial charge in [-0.1, -0.05) is 54.7 Å². The second-order valence-electron chi connectivity index (χ2n) is 4.75. The minimum Gasteiger partial charge on any atom is -0.493 e. The highest BCUT2D eigenvalue weighted by Crippen LogP contribution is 2.31. The lowest BCUT2D eigenvalue weighted by Gasteiger charge is -2.13. The van der Waals surface area contributed by atoms with Gasteiger partial charge in [0.05, 0.1) is 27.9 Å². The molecule has 0 bridgehead atoms. The molecule has 0 aliphatic carbocycles. The van der Waals surface area contributed by atoms with Crippen LogP contribution in [0.2, 0.25) is 10.0 Å². The third-order valence-corrected chi connectivity index (χ3v) is 3.72. The summed E-state index contributed by atoms with van der Waals surface area (Å²) in [6, 6.07) is 12.2. The first-order chi connectivity index (χ1) is 10.6. The van der Waals surface area contributed by atoms with Crippen LogP contribution in [-0.4, -0.2) is 12.5 Å². The van der Waals surface area contributed by atoms with Crippen LogP contribution >= 0.6 is 23.2 Å². The molecule has 0 aliphatic heterocycles. The predicted octanol–water partition coefficient (Wildman–Crippen LogP) is 5.42. The number of anilines is 1. The fraction of sp³-hybridized carbons (Fsp3) is 0.235. The molecular formula is C17H17Cl2NO2. The monoisotopic (exact) mass is 337 g/mol. The van der Waals surface area contributed by atoms with Crippen LogP contribution in [0, 0.1) is 0 Å². The number of amides is 1. The van der Waals surface area contributed by atoms with Crippen molar-refractivity contribution in [1.82, 2.24) is 0 Å². The maximum atomic E-state index is 12.5. The van der Waals surface area contributed by atoms with E-state index >= 15 is 0 Å². The lowest BCUT2D eigenvalue weighted by Crippen LogP contribution is -2.14. The van der Waals surface area contributed by atoms with Gasteiger partial charge >= 0.3 is 0 Å². The topological polar surface area (TPSA) is 38.3 Å². The summed E-state index contributed by atoms with van der Waals surface area (Å²) in [7, 11) is 0. The van der Waals surface area contributed by atoms with Gasteiger partial charge < -0.3 is 10.1 Å². The van der Waals surface area contributed by atoms with Crippen molar-refractivity contribution < 1.29 is 9.53 Å². The fourth-order valence-corrected chi connectivity index (χ4v) is 2.40. The van der Waals surface area contributed by atoms with Crippen molar-refractivity contribution in [2.24, 2.45) is 0 Å². The number of hydrogen-bond donors (Lipinski definition) is 1. The molecule has 0 saturated heterocycles. The van der Waals surface area contributed by atoms with Gasteiger partial charge in [0.25, 0.3) is 5.91 Å². The summed E-state index contributed by atoms with van der Waals surface area (Å²) in [4.78, 5) is 12.5. The zero-order chi connectivity index (χ0) is 15.9. The van der Waals surface area contributed by atoms with Gasteiger partial charge in [-0.2, -0.15) is 0 Å². The molecule has 5 heteroatoms. The average Bonchev–Trinajstić information content (AvgIpc) is 2.51. The van der Waals surface area contributed by atoms with Crippen LogP contribution in [0.1, 0.15) is 30.1 Å². The Labute approximate surface area is 140 Å². The van der Waals surface area contributed by atoms with Crippen LogP contribution in [-0.2, 0) is 0 Å². The summed E-state index contributed by atoms with van der Waals surface area (Å²) < 4.78 is 5.67. The Hall–Kier alpha value is -1.71. The van der Waals surface area contributed by atoms with Gasteiger partial charge in [-0.15, -0.1) is 0 Å². The molecule has 2 aromatic carbocycles. The third kappa shape index (κ3) is 4.15. The van der Waals surface area contributed by atoms with Gasteiger partial charge in [-0.3, -0.25) is 4.79 Å². The molecule has 0 atom stereocenters. The summed E-state index contributed by atoms with van der Waals surface area (Å²) in [5.74, 6) is 0.249. The van der Waals surface area contributed by atoms with Crippen molar-refractivity contribution >= 4 is 34.8 Å². The number of nitrogens with one attached hydrogen (secondary N) is 1. The Morgan fingerprint density at radius 1 is 1.09 bits per heavy atom. The van der Waals surface area contributed by atoms with Crippen LogP contribution in [0.25, 0.3) is 0 Å². The molecule has 0 aliphatic rings. The van der Waals surface area contributed by atoms with E-state index in [-0.39, 0.29) is 5.91 Å². The molecule has 0 radical (unpaired) electrons. The van der Waals surface area contributed by atoms with Gasteiger partial charge in [-0.05, 0) is 30.7 Å². The van der Waals surface area contributed by atoms with E-state index < -0.39 is 0 Å². The Balaban J connectivity index is 2.19. The number of ether oxygens (including phenoxy) is 1. The molecule has 116 valence electrons. The van der Waals surface area contributed by atoms with E-state index in [0.717, 1.165) is 12.8 Å². The number of carbonyl (C=O) groups is 1. The zero-order valence-corrected chi connectivity index (χ0v) is 13.7. The summed E-state index contributed by atoms with van der Waals surface area (Å²) in [5.41, 5.74) is 0.855. The van der Waals surface area contributed by atoms with Crippen molar-refractivity contribution in [1.29, 1.82) is 0 Å². The number of rotatable bonds is 6. The van der Waals surface area contributed by atoms with E-state index in [0.29, 0.717) is 33.7 Å². The largest absolute Gasteiger partial charge is 0.493 e. The highest BCUT2D eigenvalue weighted by Gasteiger charge is 2.15. The van der Waals surface area contributed by atoms with Gasteiger partial charge in [0.1, 0.15) is 5.75 Å². The molecule has 0 saturated carbocycles. The molecule has 2 aromatic rings. The average molecular weight is 338 g/mol. The summed E-state index contributed by atoms with van der Waals surface area (Å²) in [5, 5.41) is 3.53. The molecule has 0 fully saturated rings. The number of hydrogen-bond acceptors (Lipinski definition) is 2. The highest BCUT2D eigenvalue weighted by molar-refractivity contribution is 6.40. The first kappa shape index (κ1) is 16.7. The third-order valence-electron chi connectivity index (χ3n) is 3.09. The van der Waals surface area contributed by atoms with E-state index in [1.54, 1.807) is 36.4 Å². The van der Waals surface area contributed by atoms with Gasteiger partial charge in [0.15, 0.2) is 0 Å². The van der Waals surface area contributed by atoms with E-state index in [4.69, 9.17) is 27.9 Å². The van der Waals surface area contributed by atoms with Crippen molar-refractivity contribution in [2.75, 3.05) is 11.9 Å². The maximum absolute atomic E-state index is 12.5. The van der Waals surface area contributed by atoms with E-state index in [1.165, 1.54) is 0 Å². The normalized spacial score (nSPS) is 10.3. The molecule has 0 unspecified atom stereocenters. The van der Waals surface area contributed by atoms with E-state index in [2.05, 4.69) is 12.2 Å². The van der Waals surface area contributed by atoms with E-state index in [9.17, 15) is 4.79 Å². The Kier molecular flexibility index (Phi) is 6.10. The zero-order valence-electron chi connectivity index (χ0n) is 12.2. The lowest BCUT2D eigenvalue weighted by molar-refractivity contribution is 0.102. The van der Waals surface area contributed by atoms with Crippen LogP contribution < -0.4 is 10.1 Å². The van der Waals surface area contributed by atoms with Crippen LogP contribution in [0.3, 0.4) is 0 Å². The van der Waals surface area contributed by atoms with Crippen molar-refractivity contribution in [3.63, 3.8) is 0 Å². The van der Waals surface area contributed by atoms with Gasteiger partial charge in [-0.25, -0.2) is 0 Å². The lowest BCUT2D eigenvalue weighted by atomic mass is 10.2. The SMILES string of the molecule is CCCCOc1ccccc1C(=O)Nc1c(Cl)cccc1Cl. The molecular weight excluding hydrogens is 321 g/mol. The fourth-order valence-electron chi connectivity index (χ4n) is 1.90. The second kappa shape index (κ2) is 8.06. The predicted molar refractivity (Wildman–Crippen MR) is 91.3 cm³/mol. The van der Waals surface area contributed by atoms with E-state index in [1.807, 2.05) is 6.07 Å². The Morgan fingerprint density at radius 2 is 1.77 bits per heavy atom. The molecule has 1 amide bonds. The first-order valence-corrected chi connectivity index (χ1v) is 7.86. The van der Waals surface area contributed by atoms with Crippen LogP contribution in [0.5, 0.6) is 5.75 Å². The molecule has 0 heterocycles. The number of unbranched alkanes of at least 4 members (excludes halogenated alkanes) is 1. The van der Waals surface area contributed by atoms with Crippen LogP contribution in [0.15, 0.2) is 42.5 Å². The number of halogens is 2. The standard InChI is InChI=1S/C17H17Cl2NO2/c1-2-3-11-22-15-10-5-4-7-12(15)17(21)20-16-13(18)8-6-9-14(16)19/h4-10H,2-3,11H2,1H3,(H,20,21). The number of carbonyl (C=O) groups excluding carboxylic acids is 1. The molecule has 0 spiro atoms. The first-order valence-electron chi connectivity index (χ1n) is 7.10. The number of para-hydroxylation sites is 2. The Morgan fingerprint density at radius 3 is 2.45 bits per heavy atom. The molecule has 1 N–H and O–H groups in total.